The smallest absolute Gasteiger partial charge is 0.261 e. The Morgan fingerprint density at radius 2 is 1.34 bits per heavy atom. The van der Waals surface area contributed by atoms with Crippen LogP contribution in [0.5, 0.6) is 0 Å². The molecule has 0 aliphatic carbocycles. The Hall–Kier alpha value is -3.73. The molecule has 0 unspecified atom stereocenters. The lowest BCUT2D eigenvalue weighted by atomic mass is 10.1. The van der Waals surface area contributed by atoms with Gasteiger partial charge in [0, 0.05) is 13.1 Å². The molecular formula is C24H21N3O2. The van der Waals surface area contributed by atoms with Crippen LogP contribution < -0.4 is 5.56 Å². The summed E-state index contributed by atoms with van der Waals surface area (Å²) in [5.41, 5.74) is 2.51. The molecule has 144 valence electrons. The minimum atomic E-state index is -0.205. The molecule has 4 rings (SSSR count). The van der Waals surface area contributed by atoms with Gasteiger partial charge < -0.3 is 4.90 Å². The molecule has 0 radical (unpaired) electrons. The van der Waals surface area contributed by atoms with Crippen LogP contribution in [0.1, 0.15) is 11.1 Å². The molecule has 1 heterocycles. The van der Waals surface area contributed by atoms with Gasteiger partial charge in [0.2, 0.25) is 5.91 Å². The number of carbonyl (C=O) groups excluding carboxylic acids is 1. The molecule has 0 saturated carbocycles. The molecule has 1 amide bonds. The Bertz CT molecular complexity index is 1130. The first-order valence-electron chi connectivity index (χ1n) is 9.50. The van der Waals surface area contributed by atoms with E-state index in [1.54, 1.807) is 23.1 Å². The molecule has 0 N–H and O–H groups in total. The summed E-state index contributed by atoms with van der Waals surface area (Å²) < 4.78 is 1.38. The SMILES string of the molecule is O=C(Cn1cnc2ccccc2c1=O)N(Cc1ccccc1)Cc1ccccc1. The van der Waals surface area contributed by atoms with Crippen molar-refractivity contribution in [2.75, 3.05) is 0 Å². The minimum absolute atomic E-state index is 0.0453. The van der Waals surface area contributed by atoms with Crippen LogP contribution in [0, 0.1) is 0 Å². The zero-order chi connectivity index (χ0) is 20.1. The number of benzene rings is 3. The first-order valence-corrected chi connectivity index (χ1v) is 9.50. The van der Waals surface area contributed by atoms with Gasteiger partial charge in [0.1, 0.15) is 6.54 Å². The predicted molar refractivity (Wildman–Crippen MR) is 113 cm³/mol. The third kappa shape index (κ3) is 4.41. The van der Waals surface area contributed by atoms with Crippen LogP contribution in [-0.4, -0.2) is 20.4 Å². The highest BCUT2D eigenvalue weighted by Crippen LogP contribution is 2.11. The summed E-state index contributed by atoms with van der Waals surface area (Å²) >= 11 is 0. The summed E-state index contributed by atoms with van der Waals surface area (Å²) in [5.74, 6) is -0.128. The Morgan fingerprint density at radius 1 is 0.793 bits per heavy atom. The number of carbonyl (C=O) groups is 1. The van der Waals surface area contributed by atoms with Crippen molar-refractivity contribution in [2.45, 2.75) is 19.6 Å². The van der Waals surface area contributed by atoms with E-state index < -0.39 is 0 Å². The van der Waals surface area contributed by atoms with Gasteiger partial charge in [-0.1, -0.05) is 72.8 Å². The normalized spacial score (nSPS) is 10.8. The van der Waals surface area contributed by atoms with E-state index in [1.807, 2.05) is 66.7 Å². The second-order valence-corrected chi connectivity index (χ2v) is 6.92. The van der Waals surface area contributed by atoms with Crippen LogP contribution >= 0.6 is 0 Å². The van der Waals surface area contributed by atoms with Crippen LogP contribution in [0.3, 0.4) is 0 Å². The molecule has 3 aromatic carbocycles. The number of nitrogens with zero attached hydrogens (tertiary/aromatic N) is 3. The average Bonchev–Trinajstić information content (AvgIpc) is 2.77. The van der Waals surface area contributed by atoms with Crippen LogP contribution in [0.4, 0.5) is 0 Å². The van der Waals surface area contributed by atoms with Crippen molar-refractivity contribution in [1.82, 2.24) is 14.5 Å². The van der Waals surface area contributed by atoms with Crippen molar-refractivity contribution in [1.29, 1.82) is 0 Å². The van der Waals surface area contributed by atoms with Crippen molar-refractivity contribution in [3.05, 3.63) is 113 Å². The third-order valence-electron chi connectivity index (χ3n) is 4.82. The van der Waals surface area contributed by atoms with E-state index in [1.165, 1.54) is 10.9 Å². The van der Waals surface area contributed by atoms with Crippen molar-refractivity contribution < 1.29 is 4.79 Å². The number of fused-ring (bicyclic) bond motifs is 1. The molecule has 1 aromatic heterocycles. The van der Waals surface area contributed by atoms with Crippen LogP contribution in [0.15, 0.2) is 96.1 Å². The lowest BCUT2D eigenvalue weighted by molar-refractivity contribution is -0.133. The van der Waals surface area contributed by atoms with E-state index in [0.717, 1.165) is 11.1 Å². The van der Waals surface area contributed by atoms with E-state index in [-0.39, 0.29) is 18.0 Å². The minimum Gasteiger partial charge on any atom is -0.332 e. The molecule has 0 atom stereocenters. The highest BCUT2D eigenvalue weighted by molar-refractivity contribution is 5.79. The molecule has 5 nitrogen and oxygen atoms in total. The van der Waals surface area contributed by atoms with Gasteiger partial charge >= 0.3 is 0 Å². The van der Waals surface area contributed by atoms with Gasteiger partial charge in [0.25, 0.3) is 5.56 Å². The van der Waals surface area contributed by atoms with Gasteiger partial charge in [0.15, 0.2) is 0 Å². The van der Waals surface area contributed by atoms with Gasteiger partial charge in [-0.05, 0) is 23.3 Å². The van der Waals surface area contributed by atoms with Crippen LogP contribution in [0.2, 0.25) is 0 Å². The first-order chi connectivity index (χ1) is 14.2. The van der Waals surface area contributed by atoms with Crippen molar-refractivity contribution in [3.63, 3.8) is 0 Å². The molecule has 0 aliphatic rings. The van der Waals surface area contributed by atoms with Crippen molar-refractivity contribution >= 4 is 16.8 Å². The second kappa shape index (κ2) is 8.52. The van der Waals surface area contributed by atoms with Gasteiger partial charge in [-0.25, -0.2) is 4.98 Å². The van der Waals surface area contributed by atoms with Gasteiger partial charge in [-0.15, -0.1) is 0 Å². The molecule has 0 saturated heterocycles. The maximum Gasteiger partial charge on any atom is 0.261 e. The van der Waals surface area contributed by atoms with E-state index in [0.29, 0.717) is 24.0 Å². The summed E-state index contributed by atoms with van der Waals surface area (Å²) in [7, 11) is 0. The lowest BCUT2D eigenvalue weighted by Gasteiger charge is -2.23. The largest absolute Gasteiger partial charge is 0.332 e. The maximum atomic E-state index is 13.1. The molecule has 0 aliphatic heterocycles. The summed E-state index contributed by atoms with van der Waals surface area (Å²) in [5, 5.41) is 0.514. The Morgan fingerprint density at radius 3 is 1.97 bits per heavy atom. The molecule has 4 aromatic rings. The van der Waals surface area contributed by atoms with E-state index >= 15 is 0 Å². The number of amides is 1. The molecule has 0 fully saturated rings. The molecule has 0 bridgehead atoms. The van der Waals surface area contributed by atoms with Crippen molar-refractivity contribution in [3.8, 4) is 0 Å². The summed E-state index contributed by atoms with van der Waals surface area (Å²) in [4.78, 5) is 32.0. The van der Waals surface area contributed by atoms with E-state index in [4.69, 9.17) is 0 Å². The lowest BCUT2D eigenvalue weighted by Crippen LogP contribution is -2.36. The summed E-state index contributed by atoms with van der Waals surface area (Å²) in [6, 6.07) is 26.9. The Labute approximate surface area is 168 Å². The monoisotopic (exact) mass is 383 g/mol. The maximum absolute atomic E-state index is 13.1. The van der Waals surface area contributed by atoms with E-state index in [9.17, 15) is 9.59 Å². The number of aromatic nitrogens is 2. The molecule has 29 heavy (non-hydrogen) atoms. The highest BCUT2D eigenvalue weighted by atomic mass is 16.2. The van der Waals surface area contributed by atoms with Gasteiger partial charge in [-0.2, -0.15) is 0 Å². The predicted octanol–water partition coefficient (Wildman–Crippen LogP) is 3.63. The summed E-state index contributed by atoms with van der Waals surface area (Å²) in [6.07, 6.45) is 1.45. The molecule has 0 spiro atoms. The number of para-hydroxylation sites is 1. The zero-order valence-electron chi connectivity index (χ0n) is 15.9. The second-order valence-electron chi connectivity index (χ2n) is 6.92. The van der Waals surface area contributed by atoms with Crippen LogP contribution in [0.25, 0.3) is 10.9 Å². The Kier molecular flexibility index (Phi) is 5.47. The van der Waals surface area contributed by atoms with Crippen LogP contribution in [-0.2, 0) is 24.4 Å². The number of hydrogen-bond acceptors (Lipinski definition) is 3. The summed E-state index contributed by atoms with van der Waals surface area (Å²) in [6.45, 7) is 0.908. The zero-order valence-corrected chi connectivity index (χ0v) is 15.9. The number of rotatable bonds is 6. The molecule has 5 heteroatoms. The Balaban J connectivity index is 1.60. The fraction of sp³-hybridized carbons (Fsp3) is 0.125. The fourth-order valence-corrected chi connectivity index (χ4v) is 3.30. The van der Waals surface area contributed by atoms with Crippen molar-refractivity contribution in [2.24, 2.45) is 0 Å². The van der Waals surface area contributed by atoms with E-state index in [2.05, 4.69) is 4.98 Å². The van der Waals surface area contributed by atoms with Gasteiger partial charge in [-0.3, -0.25) is 14.2 Å². The molecular weight excluding hydrogens is 362 g/mol. The van der Waals surface area contributed by atoms with Gasteiger partial charge in [0.05, 0.1) is 17.2 Å². The highest BCUT2D eigenvalue weighted by Gasteiger charge is 2.16. The topological polar surface area (TPSA) is 55.2 Å². The fourth-order valence-electron chi connectivity index (χ4n) is 3.30. The first kappa shape index (κ1) is 18.6. The third-order valence-corrected chi connectivity index (χ3v) is 4.82. The number of hydrogen-bond donors (Lipinski definition) is 0. The quantitative estimate of drug-likeness (QED) is 0.511. The standard InChI is InChI=1S/C24H21N3O2/c28-23(17-27-18-25-22-14-8-7-13-21(22)24(27)29)26(15-19-9-3-1-4-10-19)16-20-11-5-2-6-12-20/h1-14,18H,15-17H2. The average molecular weight is 383 g/mol.